The number of carbonyl (C=O) groups is 4. The van der Waals surface area contributed by atoms with E-state index in [4.69, 9.17) is 9.47 Å². The number of hydrogen-bond donors (Lipinski definition) is 4. The summed E-state index contributed by atoms with van der Waals surface area (Å²) in [6.45, 7) is 6.22. The molecular weight excluding hydrogens is 786 g/mol. The zero-order valence-corrected chi connectivity index (χ0v) is 34.2. The maximum Gasteiger partial charge on any atom is 0.436 e. The molecule has 4 aromatic rings. The summed E-state index contributed by atoms with van der Waals surface area (Å²) in [5.74, 6) is 5.19. The lowest BCUT2D eigenvalue weighted by Crippen LogP contribution is -2.54. The molecule has 60 heavy (non-hydrogen) atoms. The van der Waals surface area contributed by atoms with Gasteiger partial charge in [-0.3, -0.25) is 9.59 Å². The highest BCUT2D eigenvalue weighted by Gasteiger charge is 2.43. The van der Waals surface area contributed by atoms with E-state index in [-0.39, 0.29) is 30.2 Å². The van der Waals surface area contributed by atoms with Crippen molar-refractivity contribution < 1.29 is 46.6 Å². The number of halogens is 3. The molecule has 320 valence electrons. The van der Waals surface area contributed by atoms with E-state index in [1.54, 1.807) is 30.2 Å². The fourth-order valence-electron chi connectivity index (χ4n) is 7.68. The number of rotatable bonds is 11. The van der Waals surface area contributed by atoms with Crippen LogP contribution in [0, 0.1) is 17.8 Å². The van der Waals surface area contributed by atoms with Crippen LogP contribution in [0.4, 0.5) is 22.8 Å². The number of fused-ring (bicyclic) bond motifs is 1. The lowest BCUT2D eigenvalue weighted by Gasteiger charge is -2.30. The maximum atomic E-state index is 14.3. The Morgan fingerprint density at radius 3 is 2.07 bits per heavy atom. The molecule has 2 aliphatic heterocycles. The standard InChI is InChI=1S/C42H49F3N8O7/c1-7-23(2)33(49-40(56)59-5)38(54)52-18-8-10-31(52)36-46-22-30(48-36)28-16-15-26-20-25(12-14-27(26)21-28)13-17-29-35(42(43,44)45)51-37(47-29)32-11-9-19-53(32)39(55)34(24(3)58-4)50-41(57)60-6/h12,14-16,20-24,31-34H,7-11,18-19H2,1-6H3,(H,46,48)(H,47,51)(H,49,56)(H,50,57)/t23-,24+,31-,32-,33-,34-/m0/s1. The van der Waals surface area contributed by atoms with Gasteiger partial charge in [-0.2, -0.15) is 13.2 Å². The van der Waals surface area contributed by atoms with Crippen molar-refractivity contribution in [3.05, 3.63) is 71.2 Å². The number of methoxy groups -OCH3 is 3. The van der Waals surface area contributed by atoms with E-state index in [1.165, 1.54) is 19.1 Å². The van der Waals surface area contributed by atoms with Crippen molar-refractivity contribution in [1.29, 1.82) is 0 Å². The fraction of sp³-hybridized carbons (Fsp3) is 0.476. The van der Waals surface area contributed by atoms with Crippen molar-refractivity contribution in [3.8, 4) is 23.1 Å². The summed E-state index contributed by atoms with van der Waals surface area (Å²) in [6, 6.07) is 8.04. The Morgan fingerprint density at radius 2 is 1.45 bits per heavy atom. The average molecular weight is 835 g/mol. The molecule has 0 bridgehead atoms. The van der Waals surface area contributed by atoms with Gasteiger partial charge >= 0.3 is 18.4 Å². The number of nitrogens with one attached hydrogen (secondary N) is 4. The summed E-state index contributed by atoms with van der Waals surface area (Å²) >= 11 is 0. The smallest absolute Gasteiger partial charge is 0.436 e. The van der Waals surface area contributed by atoms with Crippen LogP contribution in [0.25, 0.3) is 22.0 Å². The first-order chi connectivity index (χ1) is 28.7. The van der Waals surface area contributed by atoms with Crippen LogP contribution in [0.5, 0.6) is 0 Å². The molecule has 2 saturated heterocycles. The molecule has 2 aromatic carbocycles. The molecule has 0 aliphatic carbocycles. The van der Waals surface area contributed by atoms with Crippen molar-refractivity contribution in [2.24, 2.45) is 5.92 Å². The van der Waals surface area contributed by atoms with Crippen LogP contribution >= 0.6 is 0 Å². The summed E-state index contributed by atoms with van der Waals surface area (Å²) in [6.07, 6.45) is -2.37. The summed E-state index contributed by atoms with van der Waals surface area (Å²) in [5, 5.41) is 6.81. The minimum atomic E-state index is -4.83. The summed E-state index contributed by atoms with van der Waals surface area (Å²) in [5.41, 5.74) is 0.414. The molecule has 0 unspecified atom stereocenters. The minimum absolute atomic E-state index is 0.0644. The first-order valence-electron chi connectivity index (χ1n) is 19.8. The molecule has 2 aliphatic rings. The number of benzene rings is 2. The number of alkyl halides is 3. The second-order valence-corrected chi connectivity index (χ2v) is 15.0. The Morgan fingerprint density at radius 1 is 0.850 bits per heavy atom. The number of likely N-dealkylation sites (tertiary alicyclic amines) is 2. The van der Waals surface area contributed by atoms with Crippen LogP contribution in [0.15, 0.2) is 42.6 Å². The Bertz CT molecular complexity index is 2280. The third kappa shape index (κ3) is 9.36. The fourth-order valence-corrected chi connectivity index (χ4v) is 7.68. The number of amides is 4. The van der Waals surface area contributed by atoms with Crippen LogP contribution < -0.4 is 10.6 Å². The molecular formula is C42H49F3N8O7. The molecule has 18 heteroatoms. The summed E-state index contributed by atoms with van der Waals surface area (Å²) in [4.78, 5) is 69.2. The van der Waals surface area contributed by atoms with Gasteiger partial charge in [-0.25, -0.2) is 19.6 Å². The number of nitrogens with zero attached hydrogens (tertiary/aromatic N) is 4. The maximum absolute atomic E-state index is 14.3. The van der Waals surface area contributed by atoms with Crippen molar-refractivity contribution >= 4 is 34.8 Å². The van der Waals surface area contributed by atoms with Crippen LogP contribution in [0.3, 0.4) is 0 Å². The first kappa shape index (κ1) is 43.5. The van der Waals surface area contributed by atoms with Gasteiger partial charge in [-0.05, 0) is 73.4 Å². The number of alkyl carbamates (subject to hydrolysis) is 2. The van der Waals surface area contributed by atoms with Gasteiger partial charge in [0.25, 0.3) is 0 Å². The Balaban J connectivity index is 1.20. The molecule has 2 aromatic heterocycles. The monoisotopic (exact) mass is 834 g/mol. The third-order valence-corrected chi connectivity index (χ3v) is 11.3. The predicted octanol–water partition coefficient (Wildman–Crippen LogP) is 6.23. The Labute approximate surface area is 345 Å². The van der Waals surface area contributed by atoms with Gasteiger partial charge in [0.2, 0.25) is 11.8 Å². The second-order valence-electron chi connectivity index (χ2n) is 15.0. The van der Waals surface area contributed by atoms with Gasteiger partial charge in [0.15, 0.2) is 5.69 Å². The van der Waals surface area contributed by atoms with Gasteiger partial charge in [0.05, 0.1) is 44.3 Å². The van der Waals surface area contributed by atoms with Crippen molar-refractivity contribution in [2.45, 2.75) is 89.3 Å². The highest BCUT2D eigenvalue weighted by atomic mass is 19.4. The predicted molar refractivity (Wildman–Crippen MR) is 213 cm³/mol. The normalized spacial score (nSPS) is 18.6. The highest BCUT2D eigenvalue weighted by molar-refractivity contribution is 5.89. The first-order valence-corrected chi connectivity index (χ1v) is 19.8. The van der Waals surface area contributed by atoms with Crippen LogP contribution in [0.1, 0.15) is 93.6 Å². The third-order valence-electron chi connectivity index (χ3n) is 11.3. The number of aromatic amines is 2. The molecule has 6 rings (SSSR count). The van der Waals surface area contributed by atoms with E-state index in [2.05, 4.69) is 47.1 Å². The summed E-state index contributed by atoms with van der Waals surface area (Å²) < 4.78 is 57.6. The molecule has 0 saturated carbocycles. The second kappa shape index (κ2) is 18.4. The highest BCUT2D eigenvalue weighted by Crippen LogP contribution is 2.37. The lowest BCUT2D eigenvalue weighted by atomic mass is 9.97. The zero-order chi connectivity index (χ0) is 43.3. The number of imidazole rings is 2. The molecule has 4 N–H and O–H groups in total. The van der Waals surface area contributed by atoms with Crippen LogP contribution in [-0.4, -0.2) is 106 Å². The molecule has 15 nitrogen and oxygen atoms in total. The van der Waals surface area contributed by atoms with E-state index in [0.29, 0.717) is 43.6 Å². The van der Waals surface area contributed by atoms with Crippen molar-refractivity contribution in [1.82, 2.24) is 40.4 Å². The number of aromatic nitrogens is 4. The van der Waals surface area contributed by atoms with Gasteiger partial charge in [0.1, 0.15) is 29.4 Å². The van der Waals surface area contributed by atoms with Gasteiger partial charge in [-0.15, -0.1) is 0 Å². The van der Waals surface area contributed by atoms with Gasteiger partial charge < -0.3 is 44.6 Å². The Kier molecular flexibility index (Phi) is 13.4. The van der Waals surface area contributed by atoms with Crippen molar-refractivity contribution in [3.63, 3.8) is 0 Å². The number of H-pyrrole nitrogens is 2. The van der Waals surface area contributed by atoms with E-state index >= 15 is 0 Å². The Hall–Kier alpha value is -6.09. The largest absolute Gasteiger partial charge is 0.453 e. The van der Waals surface area contributed by atoms with Crippen LogP contribution in [0.2, 0.25) is 0 Å². The van der Waals surface area contributed by atoms with Gasteiger partial charge in [0, 0.05) is 31.3 Å². The van der Waals surface area contributed by atoms with E-state index < -0.39 is 59.9 Å². The average Bonchev–Trinajstić information content (AvgIpc) is 4.09. The lowest BCUT2D eigenvalue weighted by molar-refractivity contribution is -0.141. The molecule has 2 fully saturated rings. The van der Waals surface area contributed by atoms with Gasteiger partial charge in [-0.1, -0.05) is 44.4 Å². The van der Waals surface area contributed by atoms with Crippen LogP contribution in [-0.2, 0) is 30.0 Å². The minimum Gasteiger partial charge on any atom is -0.453 e. The number of carbonyl (C=O) groups excluding carboxylic acids is 4. The number of ether oxygens (including phenoxy) is 3. The van der Waals surface area contributed by atoms with E-state index in [9.17, 15) is 32.3 Å². The molecule has 6 atom stereocenters. The molecule has 0 spiro atoms. The summed E-state index contributed by atoms with van der Waals surface area (Å²) in [7, 11) is 3.79. The molecule has 4 amide bonds. The van der Waals surface area contributed by atoms with E-state index in [1.807, 2.05) is 38.1 Å². The topological polar surface area (TPSA) is 184 Å². The number of hydrogen-bond acceptors (Lipinski definition) is 9. The SMILES string of the molecule is CC[C@H](C)[C@H](NC(=O)OC)C(=O)N1CCC[C@H]1c1ncc(-c2ccc3cc(C#Cc4[nH]c([C@@H]5CCCN5C(=O)[C@@H](NC(=O)OC)[C@@H](C)OC)nc4C(F)(F)F)ccc3c2)[nH]1. The quantitative estimate of drug-likeness (QED) is 0.127. The molecule has 4 heterocycles. The van der Waals surface area contributed by atoms with Crippen molar-refractivity contribution in [2.75, 3.05) is 34.4 Å². The molecule has 0 radical (unpaired) electrons. The zero-order valence-electron chi connectivity index (χ0n) is 34.2. The van der Waals surface area contributed by atoms with E-state index in [0.717, 1.165) is 35.6 Å².